The Hall–Kier alpha value is -2.59. The largest absolute Gasteiger partial charge is 0.327 e. The van der Waals surface area contributed by atoms with Gasteiger partial charge < -0.3 is 10.6 Å². The van der Waals surface area contributed by atoms with Crippen LogP contribution in [0.15, 0.2) is 54.1 Å². The minimum Gasteiger partial charge on any atom is -0.327 e. The molecule has 1 heterocycles. The van der Waals surface area contributed by atoms with E-state index >= 15 is 0 Å². The van der Waals surface area contributed by atoms with Crippen LogP contribution in [0.5, 0.6) is 0 Å². The molecule has 1 aliphatic carbocycles. The summed E-state index contributed by atoms with van der Waals surface area (Å²) in [4.78, 5) is 24.7. The van der Waals surface area contributed by atoms with Crippen molar-refractivity contribution in [2.24, 2.45) is 0 Å². The van der Waals surface area contributed by atoms with Crippen LogP contribution < -0.4 is 10.6 Å². The number of hydrogen-bond donors (Lipinski definition) is 2. The minimum atomic E-state index is -0.544. The third-order valence-corrected chi connectivity index (χ3v) is 4.32. The molecule has 2 aliphatic rings. The van der Waals surface area contributed by atoms with Gasteiger partial charge in [0, 0.05) is 16.1 Å². The van der Waals surface area contributed by atoms with Crippen molar-refractivity contribution in [3.63, 3.8) is 0 Å². The van der Waals surface area contributed by atoms with Crippen molar-refractivity contribution in [1.82, 2.24) is 10.6 Å². The number of carbonyl (C=O) groups excluding carboxylic acids is 2. The van der Waals surface area contributed by atoms with Gasteiger partial charge in [-0.05, 0) is 11.6 Å². The number of hydrogen-bond acceptors (Lipinski definition) is 2. The Bertz CT molecular complexity index is 857. The van der Waals surface area contributed by atoms with Gasteiger partial charge in [-0.15, -0.1) is 0 Å². The monoisotopic (exact) mass is 310 g/mol. The number of rotatable bonds is 1. The van der Waals surface area contributed by atoms with Gasteiger partial charge in [-0.1, -0.05) is 54.1 Å². The van der Waals surface area contributed by atoms with E-state index in [9.17, 15) is 9.59 Å². The predicted molar refractivity (Wildman–Crippen MR) is 83.6 cm³/mol. The van der Waals surface area contributed by atoms with Crippen molar-refractivity contribution in [2.45, 2.75) is 6.04 Å². The Balaban J connectivity index is 1.93. The summed E-state index contributed by atoms with van der Waals surface area (Å²) >= 11 is 6.25. The smallest absolute Gasteiger partial charge is 0.320 e. The molecule has 2 amide bonds. The molecule has 2 aromatic rings. The molecule has 2 aromatic carbocycles. The standard InChI is InChI=1S/C17H11ClN2O2/c18-12-8-4-3-7-11(12)15-13-14(19-17(22)20-15)9-5-1-2-6-10(9)16(13)21/h1-8,15H,(H2,19,20,22). The summed E-state index contributed by atoms with van der Waals surface area (Å²) in [5.41, 5.74) is 3.19. The Morgan fingerprint density at radius 3 is 2.36 bits per heavy atom. The van der Waals surface area contributed by atoms with Gasteiger partial charge in [-0.2, -0.15) is 0 Å². The van der Waals surface area contributed by atoms with Crippen LogP contribution in [0.4, 0.5) is 4.79 Å². The first-order valence-corrected chi connectivity index (χ1v) is 7.25. The fourth-order valence-electron chi connectivity index (χ4n) is 3.01. The highest BCUT2D eigenvalue weighted by molar-refractivity contribution is 6.32. The lowest BCUT2D eigenvalue weighted by Gasteiger charge is -2.27. The van der Waals surface area contributed by atoms with Crippen molar-refractivity contribution >= 4 is 29.1 Å². The summed E-state index contributed by atoms with van der Waals surface area (Å²) in [7, 11) is 0. The zero-order chi connectivity index (χ0) is 15.3. The lowest BCUT2D eigenvalue weighted by atomic mass is 9.94. The summed E-state index contributed by atoms with van der Waals surface area (Å²) < 4.78 is 0. The van der Waals surface area contributed by atoms with E-state index in [1.165, 1.54) is 0 Å². The van der Waals surface area contributed by atoms with E-state index in [1.54, 1.807) is 12.1 Å². The fraction of sp³-hybridized carbons (Fsp3) is 0.0588. The quantitative estimate of drug-likeness (QED) is 0.849. The summed E-state index contributed by atoms with van der Waals surface area (Å²) in [6.07, 6.45) is 0. The topological polar surface area (TPSA) is 58.2 Å². The molecular weight excluding hydrogens is 300 g/mol. The van der Waals surface area contributed by atoms with Crippen LogP contribution >= 0.6 is 11.6 Å². The maximum absolute atomic E-state index is 12.7. The van der Waals surface area contributed by atoms with Gasteiger partial charge in [-0.3, -0.25) is 4.79 Å². The molecule has 1 atom stereocenters. The van der Waals surface area contributed by atoms with E-state index < -0.39 is 6.04 Å². The van der Waals surface area contributed by atoms with Gasteiger partial charge in [0.2, 0.25) is 0 Å². The van der Waals surface area contributed by atoms with Gasteiger partial charge in [0.1, 0.15) is 0 Å². The first-order chi connectivity index (χ1) is 10.7. The lowest BCUT2D eigenvalue weighted by molar-refractivity contribution is 0.103. The number of Topliss-reactive ketones (excluding diaryl/α,β-unsaturated/α-hetero) is 1. The fourth-order valence-corrected chi connectivity index (χ4v) is 3.25. The maximum Gasteiger partial charge on any atom is 0.320 e. The van der Waals surface area contributed by atoms with Gasteiger partial charge in [0.15, 0.2) is 5.78 Å². The highest BCUT2D eigenvalue weighted by Crippen LogP contribution is 2.41. The van der Waals surface area contributed by atoms with E-state index in [2.05, 4.69) is 10.6 Å². The van der Waals surface area contributed by atoms with Crippen LogP contribution in [-0.2, 0) is 0 Å². The number of nitrogens with one attached hydrogen (secondary N) is 2. The summed E-state index contributed by atoms with van der Waals surface area (Å²) in [6.45, 7) is 0. The molecule has 22 heavy (non-hydrogen) atoms. The molecule has 0 radical (unpaired) electrons. The molecule has 1 unspecified atom stereocenters. The highest BCUT2D eigenvalue weighted by atomic mass is 35.5. The molecule has 0 saturated heterocycles. The zero-order valence-electron chi connectivity index (χ0n) is 11.4. The summed E-state index contributed by atoms with van der Waals surface area (Å²) in [5, 5.41) is 6.07. The zero-order valence-corrected chi connectivity index (χ0v) is 12.1. The lowest BCUT2D eigenvalue weighted by Crippen LogP contribution is -2.43. The maximum atomic E-state index is 12.7. The van der Waals surface area contributed by atoms with E-state index in [0.29, 0.717) is 27.4 Å². The predicted octanol–water partition coefficient (Wildman–Crippen LogP) is 3.30. The van der Waals surface area contributed by atoms with Crippen LogP contribution in [0.25, 0.3) is 5.70 Å². The third kappa shape index (κ3) is 1.77. The Morgan fingerprint density at radius 2 is 1.59 bits per heavy atom. The summed E-state index contributed by atoms with van der Waals surface area (Å²) in [5.74, 6) is -0.0805. The number of halogens is 1. The molecule has 1 aliphatic heterocycles. The molecular formula is C17H11ClN2O2. The van der Waals surface area contributed by atoms with E-state index in [-0.39, 0.29) is 11.8 Å². The van der Waals surface area contributed by atoms with Gasteiger partial charge in [-0.25, -0.2) is 4.79 Å². The molecule has 0 saturated carbocycles. The number of amides is 2. The van der Waals surface area contributed by atoms with E-state index in [0.717, 1.165) is 5.56 Å². The first-order valence-electron chi connectivity index (χ1n) is 6.87. The minimum absolute atomic E-state index is 0.0805. The molecule has 4 rings (SSSR count). The molecule has 0 aromatic heterocycles. The summed E-state index contributed by atoms with van der Waals surface area (Å²) in [6, 6.07) is 13.6. The average Bonchev–Trinajstić information content (AvgIpc) is 2.81. The molecule has 4 nitrogen and oxygen atoms in total. The van der Waals surface area contributed by atoms with E-state index in [4.69, 9.17) is 11.6 Å². The number of urea groups is 1. The molecule has 0 spiro atoms. The van der Waals surface area contributed by atoms with Crippen molar-refractivity contribution < 1.29 is 9.59 Å². The highest BCUT2D eigenvalue weighted by Gasteiger charge is 2.40. The number of fused-ring (bicyclic) bond motifs is 2. The molecule has 0 fully saturated rings. The van der Waals surface area contributed by atoms with Crippen LogP contribution in [0.2, 0.25) is 5.02 Å². The SMILES string of the molecule is O=C1NC2=C(C(=O)c3ccccc32)C(c2ccccc2Cl)N1. The van der Waals surface area contributed by atoms with Crippen LogP contribution in [0, 0.1) is 0 Å². The Morgan fingerprint density at radius 1 is 0.909 bits per heavy atom. The molecule has 0 bridgehead atoms. The van der Waals surface area contributed by atoms with Crippen molar-refractivity contribution in [1.29, 1.82) is 0 Å². The van der Waals surface area contributed by atoms with Crippen LogP contribution in [0.3, 0.4) is 0 Å². The third-order valence-electron chi connectivity index (χ3n) is 3.97. The van der Waals surface area contributed by atoms with Crippen LogP contribution in [-0.4, -0.2) is 11.8 Å². The second kappa shape index (κ2) is 4.71. The Labute approximate surface area is 131 Å². The van der Waals surface area contributed by atoms with Gasteiger partial charge >= 0.3 is 6.03 Å². The first kappa shape index (κ1) is 13.1. The van der Waals surface area contributed by atoms with Crippen molar-refractivity contribution in [2.75, 3.05) is 0 Å². The Kier molecular flexibility index (Phi) is 2.81. The number of benzene rings is 2. The molecule has 5 heteroatoms. The van der Waals surface area contributed by atoms with Crippen molar-refractivity contribution in [3.8, 4) is 0 Å². The van der Waals surface area contributed by atoms with Gasteiger partial charge in [0.25, 0.3) is 0 Å². The number of carbonyl (C=O) groups is 2. The molecule has 2 N–H and O–H groups in total. The van der Waals surface area contributed by atoms with Crippen molar-refractivity contribution in [3.05, 3.63) is 75.8 Å². The number of ketones is 1. The van der Waals surface area contributed by atoms with Crippen LogP contribution in [0.1, 0.15) is 27.5 Å². The second-order valence-corrected chi connectivity index (χ2v) is 5.62. The average molecular weight is 311 g/mol. The van der Waals surface area contributed by atoms with E-state index in [1.807, 2.05) is 36.4 Å². The van der Waals surface area contributed by atoms with Gasteiger partial charge in [0.05, 0.1) is 17.3 Å². The molecule has 108 valence electrons. The second-order valence-electron chi connectivity index (χ2n) is 5.22. The normalized spacial score (nSPS) is 19.4.